The fraction of sp³-hybridized carbons (Fsp3) is 0.429. The summed E-state index contributed by atoms with van der Waals surface area (Å²) in [4.78, 5) is 23.2. The molecule has 0 aromatic heterocycles. The number of rotatable bonds is 5. The first-order valence-corrected chi connectivity index (χ1v) is 6.63. The van der Waals surface area contributed by atoms with Crippen molar-refractivity contribution in [1.29, 1.82) is 0 Å². The Morgan fingerprint density at radius 2 is 1.95 bits per heavy atom. The van der Waals surface area contributed by atoms with Gasteiger partial charge in [-0.2, -0.15) is 0 Å². The van der Waals surface area contributed by atoms with Crippen LogP contribution >= 0.6 is 11.6 Å². The molecular weight excluding hydrogens is 304 g/mol. The summed E-state index contributed by atoms with van der Waals surface area (Å²) in [5.41, 5.74) is -1.66. The van der Waals surface area contributed by atoms with E-state index < -0.39 is 28.9 Å². The van der Waals surface area contributed by atoms with Gasteiger partial charge in [0.15, 0.2) is 5.82 Å². The Labute approximate surface area is 126 Å². The van der Waals surface area contributed by atoms with Crippen LogP contribution in [-0.2, 0) is 9.59 Å². The van der Waals surface area contributed by atoms with Crippen LogP contribution in [0.5, 0.6) is 0 Å². The van der Waals surface area contributed by atoms with Crippen molar-refractivity contribution < 1.29 is 23.5 Å². The van der Waals surface area contributed by atoms with Crippen LogP contribution in [0, 0.1) is 23.0 Å². The van der Waals surface area contributed by atoms with Crippen LogP contribution < -0.4 is 5.32 Å². The maximum absolute atomic E-state index is 13.6. The van der Waals surface area contributed by atoms with Gasteiger partial charge in [-0.25, -0.2) is 8.78 Å². The second-order valence-electron chi connectivity index (χ2n) is 5.35. The predicted molar refractivity (Wildman–Crippen MR) is 75.2 cm³/mol. The Morgan fingerprint density at radius 3 is 2.38 bits per heavy atom. The predicted octanol–water partition coefficient (Wildman–Crippen LogP) is 3.69. The quantitative estimate of drug-likeness (QED) is 0.869. The number of hydrogen-bond donors (Lipinski definition) is 2. The number of carboxylic acid groups (broad SMARTS) is 1. The van der Waals surface area contributed by atoms with Crippen LogP contribution in [0.3, 0.4) is 0 Å². The van der Waals surface area contributed by atoms with Crippen LogP contribution in [0.2, 0.25) is 5.02 Å². The van der Waals surface area contributed by atoms with E-state index >= 15 is 0 Å². The molecule has 0 saturated carbocycles. The third-order valence-corrected chi connectivity index (χ3v) is 3.86. The lowest BCUT2D eigenvalue weighted by molar-refractivity contribution is -0.153. The molecule has 116 valence electrons. The normalized spacial score (nSPS) is 13.9. The molecule has 0 fully saturated rings. The summed E-state index contributed by atoms with van der Waals surface area (Å²) >= 11 is 5.66. The molecule has 0 saturated heterocycles. The van der Waals surface area contributed by atoms with Crippen molar-refractivity contribution in [1.82, 2.24) is 0 Å². The lowest BCUT2D eigenvalue weighted by Gasteiger charge is -2.28. The Hall–Kier alpha value is -1.69. The minimum absolute atomic E-state index is 0.289. The Morgan fingerprint density at radius 1 is 1.38 bits per heavy atom. The Balaban J connectivity index is 2.95. The number of anilines is 1. The highest BCUT2D eigenvalue weighted by Gasteiger charge is 2.39. The van der Waals surface area contributed by atoms with Gasteiger partial charge >= 0.3 is 5.97 Å². The van der Waals surface area contributed by atoms with Crippen LogP contribution in [-0.4, -0.2) is 17.0 Å². The van der Waals surface area contributed by atoms with Crippen molar-refractivity contribution in [2.75, 3.05) is 5.32 Å². The monoisotopic (exact) mass is 319 g/mol. The Kier molecular flexibility index (Phi) is 5.28. The summed E-state index contributed by atoms with van der Waals surface area (Å²) in [6, 6.07) is 1.44. The molecule has 1 aromatic carbocycles. The fourth-order valence-electron chi connectivity index (χ4n) is 1.71. The number of nitrogens with one attached hydrogen (secondary N) is 1. The largest absolute Gasteiger partial charge is 0.481 e. The molecular formula is C14H16ClF2NO3. The zero-order valence-electron chi connectivity index (χ0n) is 11.8. The van der Waals surface area contributed by atoms with Crippen molar-refractivity contribution >= 4 is 29.2 Å². The molecule has 0 heterocycles. The molecule has 21 heavy (non-hydrogen) atoms. The molecule has 1 unspecified atom stereocenters. The van der Waals surface area contributed by atoms with E-state index in [2.05, 4.69) is 5.32 Å². The molecule has 0 aliphatic rings. The van der Waals surface area contributed by atoms with Gasteiger partial charge < -0.3 is 10.4 Å². The van der Waals surface area contributed by atoms with E-state index in [1.807, 2.05) is 0 Å². The van der Waals surface area contributed by atoms with E-state index in [0.717, 1.165) is 6.07 Å². The summed E-state index contributed by atoms with van der Waals surface area (Å²) in [5.74, 6) is -4.03. The molecule has 7 heteroatoms. The molecule has 4 nitrogen and oxygen atoms in total. The van der Waals surface area contributed by atoms with Crippen molar-refractivity contribution in [2.24, 2.45) is 11.3 Å². The fourth-order valence-corrected chi connectivity index (χ4v) is 1.95. The van der Waals surface area contributed by atoms with Gasteiger partial charge in [-0.15, -0.1) is 0 Å². The van der Waals surface area contributed by atoms with E-state index in [1.165, 1.54) is 6.92 Å². The van der Waals surface area contributed by atoms with Crippen LogP contribution in [0.1, 0.15) is 27.2 Å². The van der Waals surface area contributed by atoms with Crippen LogP contribution in [0.15, 0.2) is 12.1 Å². The molecule has 1 aromatic rings. The molecule has 0 aliphatic heterocycles. The lowest BCUT2D eigenvalue weighted by atomic mass is 9.76. The first-order chi connectivity index (χ1) is 9.57. The summed E-state index contributed by atoms with van der Waals surface area (Å²) in [5, 5.41) is 11.1. The van der Waals surface area contributed by atoms with Crippen molar-refractivity contribution in [2.45, 2.75) is 27.2 Å². The van der Waals surface area contributed by atoms with Gasteiger partial charge in [0, 0.05) is 12.5 Å². The molecule has 1 atom stereocenters. The van der Waals surface area contributed by atoms with Crippen LogP contribution in [0.25, 0.3) is 0 Å². The summed E-state index contributed by atoms with van der Waals surface area (Å²) in [6.07, 6.45) is -0.354. The first kappa shape index (κ1) is 17.4. The average Bonchev–Trinajstić information content (AvgIpc) is 2.33. The topological polar surface area (TPSA) is 66.4 Å². The van der Waals surface area contributed by atoms with Gasteiger partial charge in [-0.3, -0.25) is 9.59 Å². The van der Waals surface area contributed by atoms with E-state index in [-0.39, 0.29) is 23.0 Å². The average molecular weight is 320 g/mol. The number of benzene rings is 1. The number of carbonyl (C=O) groups is 2. The maximum Gasteiger partial charge on any atom is 0.310 e. The second kappa shape index (κ2) is 6.39. The van der Waals surface area contributed by atoms with Gasteiger partial charge in [0.05, 0.1) is 16.1 Å². The Bertz CT molecular complexity index is 554. The molecule has 0 aliphatic carbocycles. The zero-order valence-corrected chi connectivity index (χ0v) is 12.6. The summed E-state index contributed by atoms with van der Waals surface area (Å²) in [7, 11) is 0. The van der Waals surface area contributed by atoms with Crippen LogP contribution in [0.4, 0.5) is 14.5 Å². The van der Waals surface area contributed by atoms with Gasteiger partial charge in [-0.05, 0) is 18.9 Å². The van der Waals surface area contributed by atoms with E-state index in [1.54, 1.807) is 13.8 Å². The van der Waals surface area contributed by atoms with Crippen molar-refractivity contribution in [3.05, 3.63) is 28.8 Å². The van der Waals surface area contributed by atoms with Crippen molar-refractivity contribution in [3.63, 3.8) is 0 Å². The highest BCUT2D eigenvalue weighted by molar-refractivity contribution is 6.33. The van der Waals surface area contributed by atoms with E-state index in [0.29, 0.717) is 6.07 Å². The van der Waals surface area contributed by atoms with E-state index in [4.69, 9.17) is 11.6 Å². The molecule has 0 radical (unpaired) electrons. The summed E-state index contributed by atoms with van der Waals surface area (Å²) in [6.45, 7) is 4.78. The number of amides is 1. The maximum atomic E-state index is 13.6. The number of halogens is 3. The molecule has 0 bridgehead atoms. The third-order valence-electron chi connectivity index (χ3n) is 3.56. The number of carboxylic acids is 1. The third kappa shape index (κ3) is 3.91. The molecule has 2 N–H and O–H groups in total. The van der Waals surface area contributed by atoms with Gasteiger partial charge in [0.1, 0.15) is 5.82 Å². The smallest absolute Gasteiger partial charge is 0.310 e. The minimum atomic E-state index is -1.30. The highest BCUT2D eigenvalue weighted by Crippen LogP contribution is 2.33. The lowest BCUT2D eigenvalue weighted by Crippen LogP contribution is -2.37. The molecule has 1 amide bonds. The summed E-state index contributed by atoms with van der Waals surface area (Å²) < 4.78 is 26.5. The number of aliphatic carboxylic acids is 1. The van der Waals surface area contributed by atoms with Gasteiger partial charge in [0.2, 0.25) is 5.91 Å². The first-order valence-electron chi connectivity index (χ1n) is 6.25. The van der Waals surface area contributed by atoms with Gasteiger partial charge in [0.25, 0.3) is 0 Å². The highest BCUT2D eigenvalue weighted by atomic mass is 35.5. The SMILES string of the molecule is CC(C)C(C)(CC(=O)Nc1c(F)cc(F)cc1Cl)C(=O)O. The van der Waals surface area contributed by atoms with Gasteiger partial charge in [-0.1, -0.05) is 25.4 Å². The van der Waals surface area contributed by atoms with E-state index in [9.17, 15) is 23.5 Å². The zero-order chi connectivity index (χ0) is 16.4. The molecule has 0 spiro atoms. The number of hydrogen-bond acceptors (Lipinski definition) is 2. The number of carbonyl (C=O) groups excluding carboxylic acids is 1. The van der Waals surface area contributed by atoms with Crippen molar-refractivity contribution in [3.8, 4) is 0 Å². The second-order valence-corrected chi connectivity index (χ2v) is 5.75. The standard InChI is InChI=1S/C14H16ClF2NO3/c1-7(2)14(3,13(20)21)6-11(19)18-12-9(15)4-8(16)5-10(12)17/h4-5,7H,6H2,1-3H3,(H,18,19)(H,20,21). The minimum Gasteiger partial charge on any atom is -0.481 e. The molecule has 1 rings (SSSR count).